The topological polar surface area (TPSA) is 112 Å². The van der Waals surface area contributed by atoms with E-state index in [0.717, 1.165) is 29.5 Å². The van der Waals surface area contributed by atoms with Crippen LogP contribution in [0.4, 0.5) is 21.7 Å². The fourth-order valence-corrected chi connectivity index (χ4v) is 2.64. The number of rotatable bonds is 6. The van der Waals surface area contributed by atoms with E-state index < -0.39 is 16.4 Å². The summed E-state index contributed by atoms with van der Waals surface area (Å²) in [6.07, 6.45) is 5.71. The van der Waals surface area contributed by atoms with Gasteiger partial charge in [0, 0.05) is 41.9 Å². The second-order valence-corrected chi connectivity index (χ2v) is 6.01. The van der Waals surface area contributed by atoms with E-state index in [1.807, 2.05) is 0 Å². The molecule has 0 aliphatic rings. The van der Waals surface area contributed by atoms with Gasteiger partial charge in [0.2, 0.25) is 11.8 Å². The summed E-state index contributed by atoms with van der Waals surface area (Å²) in [6, 6.07) is 1.93. The Balaban J connectivity index is 2.03. The van der Waals surface area contributed by atoms with E-state index in [1.54, 1.807) is 37.0 Å². The molecule has 3 rings (SSSR count). The Morgan fingerprint density at radius 3 is 2.64 bits per heavy atom. The van der Waals surface area contributed by atoms with Crippen molar-refractivity contribution in [1.82, 2.24) is 14.5 Å². The molecule has 0 aliphatic carbocycles. The molecule has 0 bridgehead atoms. The van der Waals surface area contributed by atoms with Crippen LogP contribution in [-0.2, 0) is 0 Å². The molecule has 0 atom stereocenters. The van der Waals surface area contributed by atoms with Gasteiger partial charge in [-0.1, -0.05) is 0 Å². The van der Waals surface area contributed by atoms with Crippen molar-refractivity contribution in [2.24, 2.45) is 0 Å². The largest absolute Gasteiger partial charge is 0.494 e. The molecule has 0 spiro atoms. The van der Waals surface area contributed by atoms with E-state index in [0.29, 0.717) is 11.4 Å². The van der Waals surface area contributed by atoms with Crippen LogP contribution in [-0.4, -0.2) is 32.9 Å². The number of aryl methyl sites for hydroxylation is 2. The van der Waals surface area contributed by atoms with Gasteiger partial charge in [-0.15, -0.1) is 0 Å². The van der Waals surface area contributed by atoms with Crippen LogP contribution < -0.4 is 10.1 Å². The zero-order valence-electron chi connectivity index (χ0n) is 15.3. The van der Waals surface area contributed by atoms with Crippen LogP contribution in [0.25, 0.3) is 5.82 Å². The second kappa shape index (κ2) is 7.43. The lowest BCUT2D eigenvalue weighted by atomic mass is 10.2. The number of benzene rings is 1. The SMILES string of the molecule is COc1cc(F)c([N+](=O)[O-])cc1Nc1ncc(C)c(-n2cc(C)c(C=O)c2)n1. The number of hydrogen-bond donors (Lipinski definition) is 1. The molecule has 3 aromatic rings. The maximum atomic E-state index is 13.8. The zero-order chi connectivity index (χ0) is 20.4. The third-order valence-corrected chi connectivity index (χ3v) is 4.09. The number of halogens is 1. The van der Waals surface area contributed by atoms with Gasteiger partial charge in [-0.25, -0.2) is 4.98 Å². The van der Waals surface area contributed by atoms with E-state index in [4.69, 9.17) is 4.74 Å². The molecular formula is C18H16FN5O4. The van der Waals surface area contributed by atoms with Gasteiger partial charge in [0.1, 0.15) is 11.6 Å². The highest BCUT2D eigenvalue weighted by molar-refractivity contribution is 5.77. The van der Waals surface area contributed by atoms with Crippen molar-refractivity contribution in [3.63, 3.8) is 0 Å². The van der Waals surface area contributed by atoms with Crippen molar-refractivity contribution in [2.45, 2.75) is 13.8 Å². The number of aromatic nitrogens is 3. The Hall–Kier alpha value is -3.82. The number of nitrogens with zero attached hydrogens (tertiary/aromatic N) is 4. The minimum absolute atomic E-state index is 0.0638. The maximum absolute atomic E-state index is 13.8. The summed E-state index contributed by atoms with van der Waals surface area (Å²) >= 11 is 0. The molecule has 144 valence electrons. The van der Waals surface area contributed by atoms with Crippen LogP contribution in [0.3, 0.4) is 0 Å². The minimum atomic E-state index is -1.01. The van der Waals surface area contributed by atoms with Crippen LogP contribution >= 0.6 is 0 Å². The third-order valence-electron chi connectivity index (χ3n) is 4.09. The normalized spacial score (nSPS) is 10.6. The Morgan fingerprint density at radius 2 is 2.04 bits per heavy atom. The first-order valence-corrected chi connectivity index (χ1v) is 8.10. The van der Waals surface area contributed by atoms with E-state index in [1.165, 1.54) is 7.11 Å². The van der Waals surface area contributed by atoms with Crippen molar-refractivity contribution in [3.05, 3.63) is 63.3 Å². The maximum Gasteiger partial charge on any atom is 0.307 e. The van der Waals surface area contributed by atoms with Crippen LogP contribution in [0.15, 0.2) is 30.7 Å². The summed E-state index contributed by atoms with van der Waals surface area (Å²) in [5.41, 5.74) is 1.51. The molecule has 0 fully saturated rings. The minimum Gasteiger partial charge on any atom is -0.494 e. The predicted molar refractivity (Wildman–Crippen MR) is 99.1 cm³/mol. The average Bonchev–Trinajstić information content (AvgIpc) is 3.04. The summed E-state index contributed by atoms with van der Waals surface area (Å²) in [4.78, 5) is 29.8. The van der Waals surface area contributed by atoms with Gasteiger partial charge in [-0.05, 0) is 19.4 Å². The van der Waals surface area contributed by atoms with E-state index in [9.17, 15) is 19.3 Å². The van der Waals surface area contributed by atoms with Crippen molar-refractivity contribution < 1.29 is 18.8 Å². The summed E-state index contributed by atoms with van der Waals surface area (Å²) in [7, 11) is 1.32. The highest BCUT2D eigenvalue weighted by atomic mass is 19.1. The lowest BCUT2D eigenvalue weighted by Crippen LogP contribution is -2.06. The number of nitro groups is 1. The molecule has 0 saturated heterocycles. The van der Waals surface area contributed by atoms with Gasteiger partial charge in [0.25, 0.3) is 0 Å². The third kappa shape index (κ3) is 3.52. The first kappa shape index (κ1) is 19.0. The van der Waals surface area contributed by atoms with Crippen LogP contribution in [0, 0.1) is 29.8 Å². The van der Waals surface area contributed by atoms with Gasteiger partial charge < -0.3 is 14.6 Å². The van der Waals surface area contributed by atoms with Crippen LogP contribution in [0.1, 0.15) is 21.5 Å². The number of carbonyl (C=O) groups excluding carboxylic acids is 1. The first-order valence-electron chi connectivity index (χ1n) is 8.10. The summed E-state index contributed by atoms with van der Waals surface area (Å²) < 4.78 is 20.6. The standard InChI is InChI=1S/C18H16FN5O4/c1-10-6-20-18(22-17(10)23-7-11(2)12(8-23)9-25)21-14-5-15(24(26)27)13(19)4-16(14)28-3/h4-9H,1-3H3,(H,20,21,22). The van der Waals surface area contributed by atoms with Gasteiger partial charge >= 0.3 is 5.69 Å². The molecule has 2 aromatic heterocycles. The molecule has 0 unspecified atom stereocenters. The quantitative estimate of drug-likeness (QED) is 0.392. The Kier molecular flexibility index (Phi) is 5.03. The molecule has 0 radical (unpaired) electrons. The number of nitro benzene ring substituents is 1. The molecule has 10 heteroatoms. The van der Waals surface area contributed by atoms with Gasteiger partial charge in [0.15, 0.2) is 6.29 Å². The summed E-state index contributed by atoms with van der Waals surface area (Å²) in [5, 5.41) is 13.8. The lowest BCUT2D eigenvalue weighted by molar-refractivity contribution is -0.387. The van der Waals surface area contributed by atoms with E-state index in [2.05, 4.69) is 15.3 Å². The number of nitrogens with one attached hydrogen (secondary N) is 1. The van der Waals surface area contributed by atoms with Crippen LogP contribution in [0.2, 0.25) is 0 Å². The van der Waals surface area contributed by atoms with Gasteiger partial charge in [-0.2, -0.15) is 9.37 Å². The van der Waals surface area contributed by atoms with Gasteiger partial charge in [-0.3, -0.25) is 14.9 Å². The number of methoxy groups -OCH3 is 1. The molecule has 0 aliphatic heterocycles. The molecular weight excluding hydrogens is 369 g/mol. The number of hydrogen-bond acceptors (Lipinski definition) is 7. The van der Waals surface area contributed by atoms with Crippen molar-refractivity contribution in [3.8, 4) is 11.6 Å². The predicted octanol–water partition coefficient (Wildman–Crippen LogP) is 3.50. The molecule has 9 nitrogen and oxygen atoms in total. The monoisotopic (exact) mass is 385 g/mol. The van der Waals surface area contributed by atoms with Crippen molar-refractivity contribution in [2.75, 3.05) is 12.4 Å². The number of aldehydes is 1. The van der Waals surface area contributed by atoms with Crippen molar-refractivity contribution >= 4 is 23.6 Å². The fraction of sp³-hybridized carbons (Fsp3) is 0.167. The molecule has 0 saturated carbocycles. The Bertz CT molecular complexity index is 1080. The molecule has 1 aromatic carbocycles. The molecule has 2 heterocycles. The van der Waals surface area contributed by atoms with Gasteiger partial charge in [0.05, 0.1) is 17.7 Å². The van der Waals surface area contributed by atoms with Crippen LogP contribution in [0.5, 0.6) is 5.75 Å². The lowest BCUT2D eigenvalue weighted by Gasteiger charge is -2.12. The highest BCUT2D eigenvalue weighted by Gasteiger charge is 2.20. The first-order chi connectivity index (χ1) is 13.3. The number of anilines is 2. The fourth-order valence-electron chi connectivity index (χ4n) is 2.64. The Labute approximate surface area is 159 Å². The molecule has 1 N–H and O–H groups in total. The van der Waals surface area contributed by atoms with Crippen molar-refractivity contribution in [1.29, 1.82) is 0 Å². The highest BCUT2D eigenvalue weighted by Crippen LogP contribution is 2.33. The average molecular weight is 385 g/mol. The second-order valence-electron chi connectivity index (χ2n) is 6.01. The van der Waals surface area contributed by atoms with E-state index in [-0.39, 0.29) is 17.4 Å². The van der Waals surface area contributed by atoms with E-state index >= 15 is 0 Å². The molecule has 28 heavy (non-hydrogen) atoms. The smallest absolute Gasteiger partial charge is 0.307 e. The zero-order valence-corrected chi connectivity index (χ0v) is 15.3. The number of carbonyl (C=O) groups is 1. The summed E-state index contributed by atoms with van der Waals surface area (Å²) in [6.45, 7) is 3.61. The number of ether oxygens (including phenoxy) is 1. The summed E-state index contributed by atoms with van der Waals surface area (Å²) in [5.74, 6) is -0.306. The molecule has 0 amide bonds. The Morgan fingerprint density at radius 1 is 1.29 bits per heavy atom.